The number of piperidine rings is 1. The zero-order chi connectivity index (χ0) is 19.2. The molecular weight excluding hydrogens is 362 g/mol. The normalized spacial score (nSPS) is 16.7. The van der Waals surface area contributed by atoms with Crippen LogP contribution in [0.4, 0.5) is 10.5 Å². The lowest BCUT2D eigenvalue weighted by atomic mass is 9.98. The van der Waals surface area contributed by atoms with Crippen molar-refractivity contribution < 1.29 is 14.3 Å². The summed E-state index contributed by atoms with van der Waals surface area (Å²) in [6, 6.07) is 9.17. The minimum Gasteiger partial charge on any atom is -0.497 e. The third-order valence-electron chi connectivity index (χ3n) is 4.78. The number of carbonyl (C=O) groups excluding carboxylic acids is 2. The van der Waals surface area contributed by atoms with Gasteiger partial charge in [0, 0.05) is 25.3 Å². The zero-order valence-electron chi connectivity index (χ0n) is 15.7. The van der Waals surface area contributed by atoms with Crippen molar-refractivity contribution in [2.75, 3.05) is 32.1 Å². The molecule has 1 aromatic carbocycles. The number of likely N-dealkylation sites (tertiary alicyclic amines) is 1. The molecule has 6 nitrogen and oxygen atoms in total. The molecule has 3 amide bonds. The van der Waals surface area contributed by atoms with Gasteiger partial charge in [-0.3, -0.25) is 4.79 Å². The molecule has 2 heterocycles. The van der Waals surface area contributed by atoms with E-state index in [0.29, 0.717) is 13.1 Å². The molecule has 0 unspecified atom stereocenters. The number of nitrogens with one attached hydrogen (secondary N) is 2. The van der Waals surface area contributed by atoms with Crippen molar-refractivity contribution >= 4 is 29.0 Å². The number of nitrogens with zero attached hydrogens (tertiary/aromatic N) is 1. The number of hydrogen-bond donors (Lipinski definition) is 2. The van der Waals surface area contributed by atoms with Gasteiger partial charge in [0.2, 0.25) is 0 Å². The van der Waals surface area contributed by atoms with Gasteiger partial charge in [0.25, 0.3) is 5.91 Å². The number of thiophene rings is 1. The average molecular weight is 388 g/mol. The molecule has 2 aromatic rings. The lowest BCUT2D eigenvalue weighted by Crippen LogP contribution is -2.45. The number of carbonyl (C=O) groups is 2. The third-order valence-corrected chi connectivity index (χ3v) is 5.65. The highest BCUT2D eigenvalue weighted by atomic mass is 32.1. The molecule has 3 rings (SSSR count). The summed E-state index contributed by atoms with van der Waals surface area (Å²) in [6.45, 7) is 3.90. The van der Waals surface area contributed by atoms with Crippen LogP contribution < -0.4 is 15.4 Å². The summed E-state index contributed by atoms with van der Waals surface area (Å²) in [7, 11) is 1.62. The van der Waals surface area contributed by atoms with Crippen LogP contribution >= 0.6 is 11.3 Å². The Balaban J connectivity index is 1.52. The van der Waals surface area contributed by atoms with Crippen LogP contribution in [0.5, 0.6) is 5.75 Å². The van der Waals surface area contributed by atoms with Crippen molar-refractivity contribution in [1.82, 2.24) is 10.2 Å². The molecule has 0 radical (unpaired) electrons. The Kier molecular flexibility index (Phi) is 6.34. The van der Waals surface area contributed by atoms with Gasteiger partial charge in [-0.15, -0.1) is 11.3 Å². The number of hydrogen-bond acceptors (Lipinski definition) is 4. The molecule has 7 heteroatoms. The van der Waals surface area contributed by atoms with Gasteiger partial charge in [0.15, 0.2) is 0 Å². The molecule has 144 valence electrons. The fraction of sp³-hybridized carbons (Fsp3) is 0.400. The van der Waals surface area contributed by atoms with E-state index in [1.165, 1.54) is 11.3 Å². The SMILES string of the molecule is COc1ccc(NC(=O)N2CCC[C@H](CNC(=O)c3cccs3)C2)c(C)c1. The van der Waals surface area contributed by atoms with E-state index in [2.05, 4.69) is 10.6 Å². The van der Waals surface area contributed by atoms with Gasteiger partial charge in [0.1, 0.15) is 5.75 Å². The second kappa shape index (κ2) is 8.90. The van der Waals surface area contributed by atoms with Crippen LogP contribution in [-0.2, 0) is 0 Å². The molecule has 1 atom stereocenters. The first-order valence-corrected chi connectivity index (χ1v) is 9.97. The maximum atomic E-state index is 12.6. The Morgan fingerprint density at radius 2 is 2.19 bits per heavy atom. The van der Waals surface area contributed by atoms with Crippen molar-refractivity contribution in [1.29, 1.82) is 0 Å². The van der Waals surface area contributed by atoms with E-state index in [0.717, 1.165) is 41.3 Å². The minimum atomic E-state index is -0.0995. The lowest BCUT2D eigenvalue weighted by Gasteiger charge is -2.33. The average Bonchev–Trinajstić information content (AvgIpc) is 3.22. The number of aryl methyl sites for hydroxylation is 1. The van der Waals surface area contributed by atoms with E-state index in [4.69, 9.17) is 4.74 Å². The fourth-order valence-electron chi connectivity index (χ4n) is 3.25. The van der Waals surface area contributed by atoms with Crippen LogP contribution in [0.3, 0.4) is 0 Å². The standard InChI is InChI=1S/C20H25N3O3S/c1-14-11-16(26-2)7-8-17(14)22-20(25)23-9-3-5-15(13-23)12-21-19(24)18-6-4-10-27-18/h4,6-8,10-11,15H,3,5,9,12-13H2,1-2H3,(H,21,24)(H,22,25)/t15-/m1/s1. The van der Waals surface area contributed by atoms with Gasteiger partial charge in [-0.25, -0.2) is 4.79 Å². The van der Waals surface area contributed by atoms with E-state index in [-0.39, 0.29) is 17.9 Å². The summed E-state index contributed by atoms with van der Waals surface area (Å²) >= 11 is 1.43. The Bertz CT molecular complexity index is 792. The maximum absolute atomic E-state index is 12.6. The first-order chi connectivity index (χ1) is 13.1. The molecule has 1 fully saturated rings. The highest BCUT2D eigenvalue weighted by Crippen LogP contribution is 2.23. The van der Waals surface area contributed by atoms with E-state index in [9.17, 15) is 9.59 Å². The molecule has 0 aliphatic carbocycles. The monoisotopic (exact) mass is 387 g/mol. The van der Waals surface area contributed by atoms with Crippen LogP contribution in [0, 0.1) is 12.8 Å². The van der Waals surface area contributed by atoms with Crippen LogP contribution in [0.15, 0.2) is 35.7 Å². The van der Waals surface area contributed by atoms with Crippen molar-refractivity contribution in [3.63, 3.8) is 0 Å². The van der Waals surface area contributed by atoms with E-state index < -0.39 is 0 Å². The Morgan fingerprint density at radius 1 is 1.33 bits per heavy atom. The first-order valence-electron chi connectivity index (χ1n) is 9.09. The highest BCUT2D eigenvalue weighted by molar-refractivity contribution is 7.12. The summed E-state index contributed by atoms with van der Waals surface area (Å²) in [4.78, 5) is 27.3. The quantitative estimate of drug-likeness (QED) is 0.821. The summed E-state index contributed by atoms with van der Waals surface area (Å²) in [5.74, 6) is 0.996. The summed E-state index contributed by atoms with van der Waals surface area (Å²) < 4.78 is 5.20. The Hall–Kier alpha value is -2.54. The molecule has 1 aliphatic heterocycles. The van der Waals surface area contributed by atoms with E-state index in [1.54, 1.807) is 7.11 Å². The van der Waals surface area contributed by atoms with Crippen LogP contribution in [-0.4, -0.2) is 43.6 Å². The van der Waals surface area contributed by atoms with Gasteiger partial charge in [-0.1, -0.05) is 6.07 Å². The van der Waals surface area contributed by atoms with Gasteiger partial charge < -0.3 is 20.3 Å². The second-order valence-electron chi connectivity index (χ2n) is 6.75. The van der Waals surface area contributed by atoms with Crippen molar-refractivity contribution in [3.05, 3.63) is 46.2 Å². The van der Waals surface area contributed by atoms with Gasteiger partial charge in [-0.05, 0) is 60.9 Å². The van der Waals surface area contributed by atoms with Crippen LogP contribution in [0.1, 0.15) is 28.1 Å². The Labute approximate surface area is 163 Å². The molecule has 0 saturated carbocycles. The number of methoxy groups -OCH3 is 1. The highest BCUT2D eigenvalue weighted by Gasteiger charge is 2.24. The maximum Gasteiger partial charge on any atom is 0.321 e. The van der Waals surface area contributed by atoms with E-state index >= 15 is 0 Å². The predicted octanol–water partition coefficient (Wildman–Crippen LogP) is 3.74. The number of rotatable bonds is 5. The molecule has 1 saturated heterocycles. The summed E-state index contributed by atoms with van der Waals surface area (Å²) in [5, 5.41) is 7.86. The van der Waals surface area contributed by atoms with Crippen molar-refractivity contribution in [3.8, 4) is 5.75 Å². The van der Waals surface area contributed by atoms with Gasteiger partial charge in [0.05, 0.1) is 12.0 Å². The van der Waals surface area contributed by atoms with Gasteiger partial charge >= 0.3 is 6.03 Å². The van der Waals surface area contributed by atoms with Crippen LogP contribution in [0.25, 0.3) is 0 Å². The molecule has 0 spiro atoms. The zero-order valence-corrected chi connectivity index (χ0v) is 16.5. The van der Waals surface area contributed by atoms with Crippen molar-refractivity contribution in [2.45, 2.75) is 19.8 Å². The summed E-state index contributed by atoms with van der Waals surface area (Å²) in [5.41, 5.74) is 1.74. The number of amides is 3. The number of urea groups is 1. The molecule has 2 N–H and O–H groups in total. The minimum absolute atomic E-state index is 0.0413. The van der Waals surface area contributed by atoms with E-state index in [1.807, 2.05) is 47.5 Å². The number of benzene rings is 1. The molecule has 1 aliphatic rings. The van der Waals surface area contributed by atoms with Gasteiger partial charge in [-0.2, -0.15) is 0 Å². The topological polar surface area (TPSA) is 70.7 Å². The molecule has 0 bridgehead atoms. The second-order valence-corrected chi connectivity index (χ2v) is 7.70. The fourth-order valence-corrected chi connectivity index (χ4v) is 3.89. The molecule has 1 aromatic heterocycles. The number of anilines is 1. The largest absolute Gasteiger partial charge is 0.497 e. The predicted molar refractivity (Wildman–Crippen MR) is 108 cm³/mol. The summed E-state index contributed by atoms with van der Waals surface area (Å²) in [6.07, 6.45) is 1.95. The number of ether oxygens (including phenoxy) is 1. The Morgan fingerprint density at radius 3 is 2.89 bits per heavy atom. The first kappa shape index (κ1) is 19.2. The molecular formula is C20H25N3O3S. The van der Waals surface area contributed by atoms with Crippen LogP contribution in [0.2, 0.25) is 0 Å². The lowest BCUT2D eigenvalue weighted by molar-refractivity contribution is 0.0942. The third kappa shape index (κ3) is 5.01. The smallest absolute Gasteiger partial charge is 0.321 e. The molecule has 27 heavy (non-hydrogen) atoms. The van der Waals surface area contributed by atoms with Crippen molar-refractivity contribution in [2.24, 2.45) is 5.92 Å².